The van der Waals surface area contributed by atoms with E-state index in [9.17, 15) is 9.90 Å². The van der Waals surface area contributed by atoms with E-state index in [0.29, 0.717) is 37.0 Å². The second-order valence-electron chi connectivity index (χ2n) is 11.9. The van der Waals surface area contributed by atoms with Crippen LogP contribution in [-0.4, -0.2) is 49.1 Å². The number of nitrogens with zero attached hydrogens (tertiary/aromatic N) is 2. The number of unbranched alkanes of at least 4 members (excludes halogenated alkanes) is 1. The van der Waals surface area contributed by atoms with Crippen LogP contribution >= 0.6 is 11.6 Å². The summed E-state index contributed by atoms with van der Waals surface area (Å²) in [5.41, 5.74) is 1.09. The zero-order chi connectivity index (χ0) is 28.0. The first kappa shape index (κ1) is 30.4. The lowest BCUT2D eigenvalue weighted by Crippen LogP contribution is -2.42. The normalized spacial score (nSPS) is 15.4. The van der Waals surface area contributed by atoms with E-state index in [2.05, 4.69) is 68.2 Å². The fraction of sp³-hybridized carbons (Fsp3) is 0.621. The van der Waals surface area contributed by atoms with Gasteiger partial charge in [-0.25, -0.2) is 4.98 Å². The molecule has 0 spiro atoms. The van der Waals surface area contributed by atoms with E-state index in [4.69, 9.17) is 20.8 Å². The van der Waals surface area contributed by atoms with Crippen molar-refractivity contribution in [2.24, 2.45) is 0 Å². The van der Waals surface area contributed by atoms with Crippen LogP contribution in [-0.2, 0) is 16.3 Å². The van der Waals surface area contributed by atoms with Crippen LogP contribution < -0.4 is 10.1 Å². The molecule has 0 atom stereocenters. The van der Waals surface area contributed by atoms with Gasteiger partial charge in [0.25, 0.3) is 11.8 Å². The number of carbonyl (C=O) groups is 1. The minimum absolute atomic E-state index is 0.0389. The largest absolute Gasteiger partial charge is 0.491 e. The van der Waals surface area contributed by atoms with Crippen LogP contribution in [0.5, 0.6) is 11.6 Å². The molecule has 1 aliphatic rings. The van der Waals surface area contributed by atoms with Gasteiger partial charge in [0, 0.05) is 23.4 Å². The quantitative estimate of drug-likeness (QED) is 0.218. The van der Waals surface area contributed by atoms with Gasteiger partial charge in [-0.05, 0) is 55.1 Å². The minimum atomic E-state index is -1.92. The molecule has 38 heavy (non-hydrogen) atoms. The van der Waals surface area contributed by atoms with Crippen LogP contribution in [0, 0.1) is 0 Å². The molecule has 2 N–H and O–H groups in total. The number of hydrogen-bond donors (Lipinski definition) is 2. The molecule has 3 rings (SSSR count). The lowest BCUT2D eigenvalue weighted by Gasteiger charge is -2.36. The number of aromatic nitrogens is 2. The average Bonchev–Trinajstić information content (AvgIpc) is 3.32. The number of rotatable bonds is 12. The maximum atomic E-state index is 13.3. The molecule has 7 nitrogen and oxygen atoms in total. The van der Waals surface area contributed by atoms with Crippen LogP contribution in [0.2, 0.25) is 23.2 Å². The Labute approximate surface area is 233 Å². The van der Waals surface area contributed by atoms with Gasteiger partial charge in [0.2, 0.25) is 5.75 Å². The van der Waals surface area contributed by atoms with Gasteiger partial charge in [-0.2, -0.15) is 4.98 Å². The molecule has 0 aliphatic heterocycles. The van der Waals surface area contributed by atoms with E-state index >= 15 is 0 Å². The Morgan fingerprint density at radius 2 is 1.79 bits per heavy atom. The molecule has 0 radical (unpaired) electrons. The Morgan fingerprint density at radius 1 is 1.13 bits per heavy atom. The summed E-state index contributed by atoms with van der Waals surface area (Å²) in [6.45, 7) is 14.1. The number of amides is 1. The smallest absolute Gasteiger partial charge is 0.274 e. The maximum Gasteiger partial charge on any atom is 0.274 e. The van der Waals surface area contributed by atoms with E-state index in [1.54, 1.807) is 0 Å². The highest BCUT2D eigenvalue weighted by atomic mass is 35.5. The van der Waals surface area contributed by atoms with Crippen molar-refractivity contribution in [1.82, 2.24) is 15.3 Å². The number of carbonyl (C=O) groups excluding carboxylic acids is 1. The molecular weight excluding hydrogens is 518 g/mol. The highest BCUT2D eigenvalue weighted by Gasteiger charge is 2.38. The van der Waals surface area contributed by atoms with Crippen molar-refractivity contribution in [3.05, 3.63) is 46.4 Å². The average molecular weight is 562 g/mol. The third-order valence-electron chi connectivity index (χ3n) is 8.02. The Morgan fingerprint density at radius 3 is 2.39 bits per heavy atom. The number of hydrogen-bond acceptors (Lipinski definition) is 6. The molecule has 0 saturated heterocycles. The third kappa shape index (κ3) is 7.48. The highest BCUT2D eigenvalue weighted by Crippen LogP contribution is 2.44. The molecule has 1 aromatic heterocycles. The Bertz CT molecular complexity index is 1080. The summed E-state index contributed by atoms with van der Waals surface area (Å²) < 4.78 is 12.0. The van der Waals surface area contributed by atoms with Crippen molar-refractivity contribution in [1.29, 1.82) is 0 Å². The van der Waals surface area contributed by atoms with Crippen molar-refractivity contribution in [3.63, 3.8) is 0 Å². The summed E-state index contributed by atoms with van der Waals surface area (Å²) in [6, 6.07) is 7.94. The van der Waals surface area contributed by atoms with E-state index in [1.165, 1.54) is 5.56 Å². The summed E-state index contributed by atoms with van der Waals surface area (Å²) in [6.07, 6.45) is 6.42. The summed E-state index contributed by atoms with van der Waals surface area (Å²) in [5, 5.41) is 14.6. The zero-order valence-corrected chi connectivity index (χ0v) is 25.6. The number of ether oxygens (including phenoxy) is 1. The van der Waals surface area contributed by atoms with Gasteiger partial charge in [0.05, 0.1) is 13.2 Å². The van der Waals surface area contributed by atoms with Gasteiger partial charge in [-0.3, -0.25) is 4.79 Å². The highest BCUT2D eigenvalue weighted by molar-refractivity contribution is 6.74. The molecular formula is C29H44ClN3O4Si. The van der Waals surface area contributed by atoms with Crippen LogP contribution in [0.1, 0.15) is 88.1 Å². The molecule has 2 aromatic rings. The van der Waals surface area contributed by atoms with E-state index in [-0.39, 0.29) is 27.8 Å². The van der Waals surface area contributed by atoms with Gasteiger partial charge in [0.1, 0.15) is 5.82 Å². The van der Waals surface area contributed by atoms with Crippen LogP contribution in [0.3, 0.4) is 0 Å². The summed E-state index contributed by atoms with van der Waals surface area (Å²) >= 11 is 6.15. The van der Waals surface area contributed by atoms with E-state index < -0.39 is 14.2 Å². The maximum absolute atomic E-state index is 13.3. The molecule has 1 fully saturated rings. The lowest BCUT2D eigenvalue weighted by atomic mass is 9.76. The fourth-order valence-electron chi connectivity index (χ4n) is 4.66. The Balaban J connectivity index is 1.83. The molecule has 0 unspecified atom stereocenters. The molecule has 210 valence electrons. The van der Waals surface area contributed by atoms with Crippen molar-refractivity contribution >= 4 is 25.8 Å². The predicted molar refractivity (Wildman–Crippen MR) is 155 cm³/mol. The molecule has 1 saturated carbocycles. The second-order valence-corrected chi connectivity index (χ2v) is 17.1. The minimum Gasteiger partial charge on any atom is -0.491 e. The van der Waals surface area contributed by atoms with E-state index in [1.807, 2.05) is 12.1 Å². The van der Waals surface area contributed by atoms with Gasteiger partial charge in [-0.1, -0.05) is 70.7 Å². The van der Waals surface area contributed by atoms with Gasteiger partial charge in [-0.15, -0.1) is 0 Å². The Hall–Kier alpha value is -2.16. The first-order valence-corrected chi connectivity index (χ1v) is 17.1. The van der Waals surface area contributed by atoms with Gasteiger partial charge < -0.3 is 19.6 Å². The second kappa shape index (κ2) is 12.8. The number of halogens is 1. The molecule has 1 heterocycles. The molecule has 1 amide bonds. The van der Waals surface area contributed by atoms with Crippen molar-refractivity contribution < 1.29 is 19.1 Å². The predicted octanol–water partition coefficient (Wildman–Crippen LogP) is 6.82. The van der Waals surface area contributed by atoms with Crippen LogP contribution in [0.15, 0.2) is 24.3 Å². The fourth-order valence-corrected chi connectivity index (χ4v) is 5.84. The van der Waals surface area contributed by atoms with Gasteiger partial charge >= 0.3 is 0 Å². The number of benzene rings is 1. The van der Waals surface area contributed by atoms with Crippen LogP contribution in [0.25, 0.3) is 0 Å². The molecule has 9 heteroatoms. The molecule has 1 aromatic carbocycles. The first-order chi connectivity index (χ1) is 17.9. The van der Waals surface area contributed by atoms with Crippen molar-refractivity contribution in [2.75, 3.05) is 19.8 Å². The lowest BCUT2D eigenvalue weighted by molar-refractivity contribution is 0.0934. The van der Waals surface area contributed by atoms with Crippen molar-refractivity contribution in [3.8, 4) is 11.6 Å². The van der Waals surface area contributed by atoms with Gasteiger partial charge in [0.15, 0.2) is 14.0 Å². The van der Waals surface area contributed by atoms with Crippen LogP contribution in [0.4, 0.5) is 0 Å². The monoisotopic (exact) mass is 561 g/mol. The standard InChI is InChI=1S/C29H44ClN3O4Si/c1-7-8-18-36-25-24(26(34)31-17-19-37-38(5,6)28(2,3)4)32-23(33-27(25)35)20-29(15-9-10-16-29)21-11-13-22(30)14-12-21/h11-14H,7-10,15-20H2,1-6H3,(H,31,34)(H,32,33,35). The Kier molecular flexibility index (Phi) is 10.2. The number of nitrogens with one attached hydrogen (secondary N) is 1. The zero-order valence-electron chi connectivity index (χ0n) is 23.8. The molecule has 1 aliphatic carbocycles. The van der Waals surface area contributed by atoms with E-state index in [0.717, 1.165) is 38.5 Å². The first-order valence-electron chi connectivity index (χ1n) is 13.8. The third-order valence-corrected chi connectivity index (χ3v) is 12.8. The molecule has 0 bridgehead atoms. The van der Waals surface area contributed by atoms with Crippen molar-refractivity contribution in [2.45, 2.75) is 96.2 Å². The topological polar surface area (TPSA) is 93.6 Å². The SMILES string of the molecule is CCCCOc1c(O)nc(CC2(c3ccc(Cl)cc3)CCCC2)nc1C(=O)NCCO[Si](C)(C)C(C)(C)C. The summed E-state index contributed by atoms with van der Waals surface area (Å²) in [5.74, 6) is -0.221. The summed E-state index contributed by atoms with van der Waals surface area (Å²) in [7, 11) is -1.92. The summed E-state index contributed by atoms with van der Waals surface area (Å²) in [4.78, 5) is 22.4. The number of aromatic hydroxyl groups is 1.